The van der Waals surface area contributed by atoms with E-state index in [-0.39, 0.29) is 0 Å². The molecule has 2 rings (SSSR count). The molecule has 0 spiro atoms. The van der Waals surface area contributed by atoms with Crippen LogP contribution in [0.1, 0.15) is 64.2 Å². The fourth-order valence-electron chi connectivity index (χ4n) is 3.89. The summed E-state index contributed by atoms with van der Waals surface area (Å²) in [5, 5.41) is 0. The van der Waals surface area contributed by atoms with E-state index in [4.69, 9.17) is 5.73 Å². The van der Waals surface area contributed by atoms with E-state index in [0.29, 0.717) is 0 Å². The molecular weight excluding hydrogens is 182 g/mol. The fourth-order valence-corrected chi connectivity index (χ4v) is 3.89. The lowest BCUT2D eigenvalue weighted by Crippen LogP contribution is -2.29. The van der Waals surface area contributed by atoms with E-state index in [1.54, 1.807) is 0 Å². The van der Waals surface area contributed by atoms with Crippen LogP contribution in [0.15, 0.2) is 0 Å². The van der Waals surface area contributed by atoms with E-state index in [9.17, 15) is 0 Å². The van der Waals surface area contributed by atoms with Gasteiger partial charge in [-0.15, -0.1) is 0 Å². The Morgan fingerprint density at radius 2 is 1.33 bits per heavy atom. The maximum absolute atomic E-state index is 5.97. The summed E-state index contributed by atoms with van der Waals surface area (Å²) in [5.74, 6) is 2.87. The van der Waals surface area contributed by atoms with Crippen molar-refractivity contribution in [2.75, 3.05) is 6.54 Å². The minimum atomic E-state index is 0.857. The Labute approximate surface area is 94.8 Å². The molecule has 0 amide bonds. The molecule has 2 atom stereocenters. The normalized spacial score (nSPS) is 35.0. The second kappa shape index (κ2) is 5.89. The van der Waals surface area contributed by atoms with E-state index in [2.05, 4.69) is 0 Å². The van der Waals surface area contributed by atoms with Gasteiger partial charge in [-0.2, -0.15) is 0 Å². The summed E-state index contributed by atoms with van der Waals surface area (Å²) in [6.45, 7) is 0.946. The van der Waals surface area contributed by atoms with Crippen molar-refractivity contribution in [1.82, 2.24) is 0 Å². The molecule has 1 heteroatoms. The van der Waals surface area contributed by atoms with Crippen molar-refractivity contribution in [1.29, 1.82) is 0 Å². The van der Waals surface area contributed by atoms with Gasteiger partial charge in [0.15, 0.2) is 0 Å². The SMILES string of the molecule is NCC1CCCCCC1C1CCCCC1. The first kappa shape index (κ1) is 11.4. The third-order valence-corrected chi connectivity index (χ3v) is 4.78. The number of hydrogen-bond acceptors (Lipinski definition) is 1. The van der Waals surface area contributed by atoms with Crippen LogP contribution < -0.4 is 5.73 Å². The van der Waals surface area contributed by atoms with Crippen LogP contribution in [0.4, 0.5) is 0 Å². The first-order chi connectivity index (χ1) is 7.42. The molecule has 2 N–H and O–H groups in total. The Kier molecular flexibility index (Phi) is 4.49. The van der Waals surface area contributed by atoms with Crippen LogP contribution in [0.3, 0.4) is 0 Å². The van der Waals surface area contributed by atoms with Crippen molar-refractivity contribution in [3.05, 3.63) is 0 Å². The van der Waals surface area contributed by atoms with Gasteiger partial charge in [0, 0.05) is 0 Å². The van der Waals surface area contributed by atoms with Gasteiger partial charge in [-0.1, -0.05) is 51.4 Å². The van der Waals surface area contributed by atoms with Crippen LogP contribution in [-0.2, 0) is 0 Å². The highest BCUT2D eigenvalue weighted by atomic mass is 14.6. The summed E-state index contributed by atoms with van der Waals surface area (Å²) in [6, 6.07) is 0. The van der Waals surface area contributed by atoms with Crippen molar-refractivity contribution in [2.24, 2.45) is 23.5 Å². The Morgan fingerprint density at radius 3 is 2.00 bits per heavy atom. The first-order valence-electron chi connectivity index (χ1n) is 7.12. The molecule has 0 bridgehead atoms. The fraction of sp³-hybridized carbons (Fsp3) is 1.00. The topological polar surface area (TPSA) is 26.0 Å². The molecule has 0 aliphatic heterocycles. The molecule has 1 nitrogen and oxygen atoms in total. The highest BCUT2D eigenvalue weighted by molar-refractivity contribution is 4.82. The highest BCUT2D eigenvalue weighted by Crippen LogP contribution is 2.40. The number of rotatable bonds is 2. The molecular formula is C14H27N. The zero-order chi connectivity index (χ0) is 10.5. The Hall–Kier alpha value is -0.0400. The maximum Gasteiger partial charge on any atom is -0.00461 e. The predicted molar refractivity (Wildman–Crippen MR) is 65.7 cm³/mol. The molecule has 15 heavy (non-hydrogen) atoms. The van der Waals surface area contributed by atoms with Crippen LogP contribution in [0.2, 0.25) is 0 Å². The molecule has 0 aromatic heterocycles. The Morgan fingerprint density at radius 1 is 0.733 bits per heavy atom. The summed E-state index contributed by atoms with van der Waals surface area (Å²) >= 11 is 0. The third kappa shape index (κ3) is 2.96. The third-order valence-electron chi connectivity index (χ3n) is 4.78. The first-order valence-corrected chi connectivity index (χ1v) is 7.12. The zero-order valence-electron chi connectivity index (χ0n) is 10.1. The molecule has 0 aromatic rings. The van der Waals surface area contributed by atoms with E-state index >= 15 is 0 Å². The van der Waals surface area contributed by atoms with Crippen LogP contribution in [0, 0.1) is 17.8 Å². The van der Waals surface area contributed by atoms with Crippen molar-refractivity contribution in [3.8, 4) is 0 Å². The predicted octanol–water partition coefficient (Wildman–Crippen LogP) is 3.72. The van der Waals surface area contributed by atoms with Gasteiger partial charge in [-0.05, 0) is 37.1 Å². The lowest BCUT2D eigenvalue weighted by Gasteiger charge is -2.34. The van der Waals surface area contributed by atoms with E-state index in [1.807, 2.05) is 0 Å². The van der Waals surface area contributed by atoms with Crippen LogP contribution in [0.25, 0.3) is 0 Å². The summed E-state index contributed by atoms with van der Waals surface area (Å²) in [7, 11) is 0. The monoisotopic (exact) mass is 209 g/mol. The van der Waals surface area contributed by atoms with Crippen molar-refractivity contribution < 1.29 is 0 Å². The number of nitrogens with two attached hydrogens (primary N) is 1. The van der Waals surface area contributed by atoms with E-state index < -0.39 is 0 Å². The second-order valence-corrected chi connectivity index (χ2v) is 5.70. The molecule has 0 aromatic carbocycles. The van der Waals surface area contributed by atoms with Gasteiger partial charge in [0.25, 0.3) is 0 Å². The molecule has 2 fully saturated rings. The zero-order valence-corrected chi connectivity index (χ0v) is 10.1. The highest BCUT2D eigenvalue weighted by Gasteiger charge is 2.30. The van der Waals surface area contributed by atoms with E-state index in [0.717, 1.165) is 24.3 Å². The minimum Gasteiger partial charge on any atom is -0.330 e. The molecule has 2 unspecified atom stereocenters. The summed E-state index contributed by atoms with van der Waals surface area (Å²) in [5.41, 5.74) is 5.97. The Bertz CT molecular complexity index is 172. The van der Waals surface area contributed by atoms with Crippen LogP contribution >= 0.6 is 0 Å². The molecule has 2 aliphatic carbocycles. The average Bonchev–Trinajstić information content (AvgIpc) is 2.55. The number of hydrogen-bond donors (Lipinski definition) is 1. The van der Waals surface area contributed by atoms with E-state index in [1.165, 1.54) is 64.2 Å². The summed E-state index contributed by atoms with van der Waals surface area (Å²) in [4.78, 5) is 0. The maximum atomic E-state index is 5.97. The molecule has 2 aliphatic rings. The van der Waals surface area contributed by atoms with Crippen molar-refractivity contribution >= 4 is 0 Å². The quantitative estimate of drug-likeness (QED) is 0.689. The van der Waals surface area contributed by atoms with Crippen molar-refractivity contribution in [3.63, 3.8) is 0 Å². The summed E-state index contributed by atoms with van der Waals surface area (Å²) in [6.07, 6.45) is 14.7. The average molecular weight is 209 g/mol. The summed E-state index contributed by atoms with van der Waals surface area (Å²) < 4.78 is 0. The Balaban J connectivity index is 1.95. The lowest BCUT2D eigenvalue weighted by molar-refractivity contribution is 0.170. The van der Waals surface area contributed by atoms with Gasteiger partial charge < -0.3 is 5.73 Å². The minimum absolute atomic E-state index is 0.857. The van der Waals surface area contributed by atoms with Crippen LogP contribution in [-0.4, -0.2) is 6.54 Å². The van der Waals surface area contributed by atoms with Gasteiger partial charge in [-0.3, -0.25) is 0 Å². The molecule has 0 saturated heterocycles. The molecule has 0 radical (unpaired) electrons. The van der Waals surface area contributed by atoms with Gasteiger partial charge in [0.2, 0.25) is 0 Å². The second-order valence-electron chi connectivity index (χ2n) is 5.70. The van der Waals surface area contributed by atoms with Gasteiger partial charge in [-0.25, -0.2) is 0 Å². The van der Waals surface area contributed by atoms with Gasteiger partial charge in [0.1, 0.15) is 0 Å². The largest absolute Gasteiger partial charge is 0.330 e. The molecule has 88 valence electrons. The standard InChI is InChI=1S/C14H27N/c15-11-13-9-5-2-6-10-14(13)12-7-3-1-4-8-12/h12-14H,1-11,15H2. The van der Waals surface area contributed by atoms with Crippen LogP contribution in [0.5, 0.6) is 0 Å². The smallest absolute Gasteiger partial charge is 0.00461 e. The van der Waals surface area contributed by atoms with Gasteiger partial charge in [0.05, 0.1) is 0 Å². The van der Waals surface area contributed by atoms with Crippen molar-refractivity contribution in [2.45, 2.75) is 64.2 Å². The molecule has 2 saturated carbocycles. The van der Waals surface area contributed by atoms with Gasteiger partial charge >= 0.3 is 0 Å². The lowest BCUT2D eigenvalue weighted by atomic mass is 9.72. The molecule has 0 heterocycles.